The number of nitrogens with one attached hydrogen (secondary N) is 2. The van der Waals surface area contributed by atoms with E-state index in [0.29, 0.717) is 25.0 Å². The maximum Gasteiger partial charge on any atom is 0.416 e. The van der Waals surface area contributed by atoms with Crippen molar-refractivity contribution in [3.63, 3.8) is 0 Å². The van der Waals surface area contributed by atoms with Crippen LogP contribution < -0.4 is 10.6 Å². The summed E-state index contributed by atoms with van der Waals surface area (Å²) in [5.41, 5.74) is 0.239. The molecule has 0 aliphatic rings. The fourth-order valence-electron chi connectivity index (χ4n) is 1.72. The molecule has 0 aromatic heterocycles. The van der Waals surface area contributed by atoms with Gasteiger partial charge in [0.1, 0.15) is 0 Å². The van der Waals surface area contributed by atoms with Crippen LogP contribution in [0.1, 0.15) is 31.4 Å². The summed E-state index contributed by atoms with van der Waals surface area (Å²) in [5, 5.41) is 6.37. The summed E-state index contributed by atoms with van der Waals surface area (Å²) in [7, 11) is 1.69. The van der Waals surface area contributed by atoms with Crippen LogP contribution in [-0.4, -0.2) is 25.6 Å². The highest BCUT2D eigenvalue weighted by atomic mass is 127. The number of benzene rings is 1. The minimum Gasteiger partial charge on any atom is -0.356 e. The number of nitrogens with zero attached hydrogens (tertiary/aromatic N) is 1. The highest BCUT2D eigenvalue weighted by Gasteiger charge is 2.29. The summed E-state index contributed by atoms with van der Waals surface area (Å²) in [5.74, 6) is 0.705. The lowest BCUT2D eigenvalue weighted by molar-refractivity contribution is -0.137. The number of guanidine groups is 1. The van der Waals surface area contributed by atoms with Crippen LogP contribution in [0.3, 0.4) is 0 Å². The van der Waals surface area contributed by atoms with Crippen LogP contribution in [0.25, 0.3) is 0 Å². The molecule has 1 rings (SSSR count). The third-order valence-corrected chi connectivity index (χ3v) is 3.21. The van der Waals surface area contributed by atoms with Crippen LogP contribution in [0.15, 0.2) is 29.3 Å². The molecule has 1 aromatic carbocycles. The van der Waals surface area contributed by atoms with Crippen LogP contribution in [0.4, 0.5) is 13.2 Å². The number of alkyl halides is 3. The third kappa shape index (κ3) is 7.33. The molecule has 0 aliphatic heterocycles. The van der Waals surface area contributed by atoms with E-state index in [4.69, 9.17) is 0 Å². The molecule has 0 aliphatic carbocycles. The smallest absolute Gasteiger partial charge is 0.356 e. The van der Waals surface area contributed by atoms with Gasteiger partial charge in [0.2, 0.25) is 0 Å². The van der Waals surface area contributed by atoms with Gasteiger partial charge >= 0.3 is 6.18 Å². The Balaban J connectivity index is 0.00000441. The molecule has 7 heteroatoms. The van der Waals surface area contributed by atoms with E-state index in [2.05, 4.69) is 29.5 Å². The first kappa shape index (κ1) is 21.0. The molecule has 1 aromatic rings. The minimum atomic E-state index is -4.28. The highest BCUT2D eigenvalue weighted by molar-refractivity contribution is 14.0. The summed E-state index contributed by atoms with van der Waals surface area (Å²) < 4.78 is 37.3. The number of halogens is 4. The quantitative estimate of drug-likeness (QED) is 0.424. The molecule has 0 fully saturated rings. The van der Waals surface area contributed by atoms with E-state index >= 15 is 0 Å². The first-order valence-corrected chi connectivity index (χ1v) is 7.00. The van der Waals surface area contributed by atoms with Gasteiger partial charge in [0.05, 0.1) is 5.56 Å². The Morgan fingerprint density at radius 1 is 1.23 bits per heavy atom. The van der Waals surface area contributed by atoms with Crippen molar-refractivity contribution in [1.29, 1.82) is 0 Å². The molecule has 0 bridgehead atoms. The maximum absolute atomic E-state index is 12.4. The molecule has 0 spiro atoms. The Labute approximate surface area is 146 Å². The van der Waals surface area contributed by atoms with E-state index in [-0.39, 0.29) is 24.0 Å². The van der Waals surface area contributed by atoms with Crippen molar-refractivity contribution in [3.8, 4) is 0 Å². The van der Waals surface area contributed by atoms with Gasteiger partial charge in [0.15, 0.2) is 5.96 Å². The van der Waals surface area contributed by atoms with Crippen LogP contribution in [0.2, 0.25) is 0 Å². The van der Waals surface area contributed by atoms with Crippen molar-refractivity contribution >= 4 is 29.9 Å². The van der Waals surface area contributed by atoms with Gasteiger partial charge in [-0.2, -0.15) is 13.2 Å². The van der Waals surface area contributed by atoms with Crippen LogP contribution in [-0.2, 0) is 12.6 Å². The lowest BCUT2D eigenvalue weighted by Gasteiger charge is -2.16. The van der Waals surface area contributed by atoms with Crippen molar-refractivity contribution in [3.05, 3.63) is 35.4 Å². The number of rotatable bonds is 5. The van der Waals surface area contributed by atoms with E-state index in [1.807, 2.05) is 0 Å². The van der Waals surface area contributed by atoms with Crippen molar-refractivity contribution in [2.75, 3.05) is 13.6 Å². The van der Waals surface area contributed by atoms with Crippen molar-refractivity contribution < 1.29 is 13.2 Å². The molecule has 2 N–H and O–H groups in total. The van der Waals surface area contributed by atoms with Gasteiger partial charge in [-0.25, -0.2) is 0 Å². The molecular weight excluding hydrogens is 406 g/mol. The van der Waals surface area contributed by atoms with Gasteiger partial charge in [-0.15, -0.1) is 24.0 Å². The SMILES string of the molecule is CCC(C)NC(=NC)NCCc1ccc(C(F)(F)F)cc1.I. The molecule has 0 saturated heterocycles. The Hall–Kier alpha value is -0.990. The molecule has 0 amide bonds. The molecule has 0 saturated carbocycles. The molecule has 0 radical (unpaired) electrons. The van der Waals surface area contributed by atoms with E-state index in [0.717, 1.165) is 24.1 Å². The normalized spacial score (nSPS) is 13.3. The van der Waals surface area contributed by atoms with Crippen molar-refractivity contribution in [2.45, 2.75) is 38.9 Å². The molecule has 3 nitrogen and oxygen atoms in total. The molecule has 1 unspecified atom stereocenters. The summed E-state index contributed by atoms with van der Waals surface area (Å²) in [6, 6.07) is 5.57. The average Bonchev–Trinajstić information content (AvgIpc) is 2.45. The topological polar surface area (TPSA) is 36.4 Å². The summed E-state index contributed by atoms with van der Waals surface area (Å²) >= 11 is 0. The highest BCUT2D eigenvalue weighted by Crippen LogP contribution is 2.29. The number of aliphatic imine (C=N–C) groups is 1. The summed E-state index contributed by atoms with van der Waals surface area (Å²) in [6.45, 7) is 4.75. The van der Waals surface area contributed by atoms with Crippen LogP contribution in [0.5, 0.6) is 0 Å². The van der Waals surface area contributed by atoms with Crippen molar-refractivity contribution in [1.82, 2.24) is 10.6 Å². The summed E-state index contributed by atoms with van der Waals surface area (Å²) in [6.07, 6.45) is -2.65. The minimum absolute atomic E-state index is 0. The first-order valence-electron chi connectivity index (χ1n) is 7.00. The van der Waals surface area contributed by atoms with E-state index < -0.39 is 11.7 Å². The number of hydrogen-bond acceptors (Lipinski definition) is 1. The second-order valence-electron chi connectivity index (χ2n) is 4.90. The van der Waals surface area contributed by atoms with Crippen LogP contribution in [0, 0.1) is 0 Å². The van der Waals surface area contributed by atoms with E-state index in [1.54, 1.807) is 7.05 Å². The fourth-order valence-corrected chi connectivity index (χ4v) is 1.72. The molecular formula is C15H23F3IN3. The zero-order valence-electron chi connectivity index (χ0n) is 13.0. The third-order valence-electron chi connectivity index (χ3n) is 3.21. The Morgan fingerprint density at radius 3 is 2.27 bits per heavy atom. The molecule has 1 atom stereocenters. The Kier molecular flexibility index (Phi) is 9.47. The molecule has 0 heterocycles. The Bertz CT molecular complexity index is 458. The van der Waals surface area contributed by atoms with E-state index in [1.165, 1.54) is 12.1 Å². The predicted molar refractivity (Wildman–Crippen MR) is 94.8 cm³/mol. The lowest BCUT2D eigenvalue weighted by atomic mass is 10.1. The van der Waals surface area contributed by atoms with Gasteiger partial charge in [-0.05, 0) is 37.5 Å². The largest absolute Gasteiger partial charge is 0.416 e. The Morgan fingerprint density at radius 2 is 1.82 bits per heavy atom. The average molecular weight is 429 g/mol. The second kappa shape index (κ2) is 9.91. The zero-order valence-corrected chi connectivity index (χ0v) is 15.3. The standard InChI is InChI=1S/C15H22F3N3.HI/c1-4-11(2)21-14(19-3)20-10-9-12-5-7-13(8-6-12)15(16,17)18;/h5-8,11H,4,9-10H2,1-3H3,(H2,19,20,21);1H. The van der Waals surface area contributed by atoms with Gasteiger partial charge in [-0.3, -0.25) is 4.99 Å². The fraction of sp³-hybridized carbons (Fsp3) is 0.533. The van der Waals surface area contributed by atoms with Gasteiger partial charge < -0.3 is 10.6 Å². The lowest BCUT2D eigenvalue weighted by Crippen LogP contribution is -2.42. The van der Waals surface area contributed by atoms with Gasteiger partial charge in [0.25, 0.3) is 0 Å². The monoisotopic (exact) mass is 429 g/mol. The van der Waals surface area contributed by atoms with Gasteiger partial charge in [0, 0.05) is 19.6 Å². The van der Waals surface area contributed by atoms with Crippen molar-refractivity contribution in [2.24, 2.45) is 4.99 Å². The molecule has 22 heavy (non-hydrogen) atoms. The van der Waals surface area contributed by atoms with E-state index in [9.17, 15) is 13.2 Å². The maximum atomic E-state index is 12.4. The van der Waals surface area contributed by atoms with Crippen LogP contribution >= 0.6 is 24.0 Å². The second-order valence-corrected chi connectivity index (χ2v) is 4.90. The molecule has 126 valence electrons. The summed E-state index contributed by atoms with van der Waals surface area (Å²) in [4.78, 5) is 4.10. The predicted octanol–water partition coefficient (Wildman–Crippen LogP) is 3.83. The number of hydrogen-bond donors (Lipinski definition) is 2. The van der Waals surface area contributed by atoms with Gasteiger partial charge in [-0.1, -0.05) is 19.1 Å². The zero-order chi connectivity index (χ0) is 15.9. The first-order chi connectivity index (χ1) is 9.86.